The standard InChI is InChI=1S/C13H19ClN2O/c1-17-9-11(7-8-14)15-13-6-5-10-3-2-4-12(10)16-13/h5-6,11H,2-4,7-9H2,1H3,(H,15,16). The number of rotatable bonds is 6. The topological polar surface area (TPSA) is 34.1 Å². The van der Waals surface area contributed by atoms with Gasteiger partial charge in [0, 0.05) is 18.7 Å². The Morgan fingerprint density at radius 1 is 1.47 bits per heavy atom. The maximum atomic E-state index is 5.78. The number of aromatic nitrogens is 1. The zero-order chi connectivity index (χ0) is 12.1. The number of aryl methyl sites for hydroxylation is 2. The Bertz CT molecular complexity index is 364. The fraction of sp³-hybridized carbons (Fsp3) is 0.615. The number of halogens is 1. The molecule has 0 aromatic carbocycles. The lowest BCUT2D eigenvalue weighted by molar-refractivity contribution is 0.184. The monoisotopic (exact) mass is 254 g/mol. The van der Waals surface area contributed by atoms with Gasteiger partial charge in [-0.1, -0.05) is 6.07 Å². The Morgan fingerprint density at radius 2 is 2.35 bits per heavy atom. The largest absolute Gasteiger partial charge is 0.383 e. The lowest BCUT2D eigenvalue weighted by Crippen LogP contribution is -2.26. The molecule has 0 radical (unpaired) electrons. The highest BCUT2D eigenvalue weighted by Gasteiger charge is 2.14. The van der Waals surface area contributed by atoms with E-state index in [1.54, 1.807) is 7.11 Å². The van der Waals surface area contributed by atoms with E-state index in [9.17, 15) is 0 Å². The second-order valence-electron chi connectivity index (χ2n) is 4.43. The molecule has 0 aliphatic heterocycles. The molecule has 0 amide bonds. The van der Waals surface area contributed by atoms with E-state index in [1.165, 1.54) is 24.1 Å². The summed E-state index contributed by atoms with van der Waals surface area (Å²) in [5.74, 6) is 1.57. The Labute approximate surface area is 108 Å². The van der Waals surface area contributed by atoms with Gasteiger partial charge < -0.3 is 10.1 Å². The van der Waals surface area contributed by atoms with Gasteiger partial charge >= 0.3 is 0 Å². The molecule has 0 saturated carbocycles. The Hall–Kier alpha value is -0.800. The normalized spacial score (nSPS) is 15.6. The fourth-order valence-corrected chi connectivity index (χ4v) is 2.50. The van der Waals surface area contributed by atoms with Crippen LogP contribution in [0.2, 0.25) is 0 Å². The first-order valence-electron chi connectivity index (χ1n) is 6.13. The van der Waals surface area contributed by atoms with Crippen LogP contribution in [0.25, 0.3) is 0 Å². The van der Waals surface area contributed by atoms with E-state index in [4.69, 9.17) is 16.3 Å². The van der Waals surface area contributed by atoms with Crippen LogP contribution in [-0.2, 0) is 17.6 Å². The summed E-state index contributed by atoms with van der Waals surface area (Å²) in [6.45, 7) is 0.658. The van der Waals surface area contributed by atoms with Gasteiger partial charge in [-0.25, -0.2) is 4.98 Å². The second-order valence-corrected chi connectivity index (χ2v) is 4.81. The molecule has 1 aromatic rings. The quantitative estimate of drug-likeness (QED) is 0.793. The molecule has 0 saturated heterocycles. The molecule has 0 fully saturated rings. The molecule has 1 unspecified atom stereocenters. The zero-order valence-electron chi connectivity index (χ0n) is 10.2. The van der Waals surface area contributed by atoms with Crippen molar-refractivity contribution in [1.29, 1.82) is 0 Å². The van der Waals surface area contributed by atoms with Crippen molar-refractivity contribution >= 4 is 17.4 Å². The highest BCUT2D eigenvalue weighted by molar-refractivity contribution is 6.17. The van der Waals surface area contributed by atoms with Crippen LogP contribution in [0.3, 0.4) is 0 Å². The van der Waals surface area contributed by atoms with Gasteiger partial charge in [-0.2, -0.15) is 0 Å². The third-order valence-corrected chi connectivity index (χ3v) is 3.32. The summed E-state index contributed by atoms with van der Waals surface area (Å²) in [7, 11) is 1.71. The van der Waals surface area contributed by atoms with Crippen molar-refractivity contribution in [1.82, 2.24) is 4.98 Å². The predicted octanol–water partition coefficient (Wildman–Crippen LogP) is 2.63. The lowest BCUT2D eigenvalue weighted by atomic mass is 10.2. The van der Waals surface area contributed by atoms with E-state index in [0.717, 1.165) is 18.7 Å². The molecular formula is C13H19ClN2O. The van der Waals surface area contributed by atoms with E-state index in [1.807, 2.05) is 0 Å². The molecular weight excluding hydrogens is 236 g/mol. The van der Waals surface area contributed by atoms with Gasteiger partial charge in [0.2, 0.25) is 0 Å². The molecule has 3 nitrogen and oxygen atoms in total. The van der Waals surface area contributed by atoms with Gasteiger partial charge in [0.15, 0.2) is 0 Å². The van der Waals surface area contributed by atoms with Crippen molar-refractivity contribution in [2.45, 2.75) is 31.7 Å². The van der Waals surface area contributed by atoms with E-state index in [2.05, 4.69) is 22.4 Å². The number of methoxy groups -OCH3 is 1. The summed E-state index contributed by atoms with van der Waals surface area (Å²) < 4.78 is 5.17. The van der Waals surface area contributed by atoms with Crippen LogP contribution < -0.4 is 5.32 Å². The highest BCUT2D eigenvalue weighted by atomic mass is 35.5. The fourth-order valence-electron chi connectivity index (χ4n) is 2.24. The number of alkyl halides is 1. The number of anilines is 1. The van der Waals surface area contributed by atoms with E-state index in [0.29, 0.717) is 12.5 Å². The second kappa shape index (κ2) is 6.22. The number of pyridine rings is 1. The molecule has 1 aliphatic rings. The third-order valence-electron chi connectivity index (χ3n) is 3.11. The Morgan fingerprint density at radius 3 is 3.12 bits per heavy atom. The predicted molar refractivity (Wildman–Crippen MR) is 70.9 cm³/mol. The molecule has 4 heteroatoms. The third kappa shape index (κ3) is 3.33. The van der Waals surface area contributed by atoms with Crippen molar-refractivity contribution in [2.24, 2.45) is 0 Å². The molecule has 17 heavy (non-hydrogen) atoms. The molecule has 0 bridgehead atoms. The number of nitrogens with one attached hydrogen (secondary N) is 1. The number of fused-ring (bicyclic) bond motifs is 1. The first kappa shape index (κ1) is 12.7. The molecule has 1 heterocycles. The molecule has 2 rings (SSSR count). The van der Waals surface area contributed by atoms with Crippen molar-refractivity contribution in [3.8, 4) is 0 Å². The minimum atomic E-state index is 0.240. The SMILES string of the molecule is COCC(CCCl)Nc1ccc2c(n1)CCC2. The van der Waals surface area contributed by atoms with E-state index in [-0.39, 0.29) is 6.04 Å². The smallest absolute Gasteiger partial charge is 0.126 e. The maximum absolute atomic E-state index is 5.78. The minimum Gasteiger partial charge on any atom is -0.383 e. The van der Waals surface area contributed by atoms with Crippen LogP contribution in [0.15, 0.2) is 12.1 Å². The van der Waals surface area contributed by atoms with Crippen molar-refractivity contribution in [3.05, 3.63) is 23.4 Å². The van der Waals surface area contributed by atoms with Crippen LogP contribution in [-0.4, -0.2) is 30.6 Å². The van der Waals surface area contributed by atoms with Crippen LogP contribution >= 0.6 is 11.6 Å². The Balaban J connectivity index is 2.01. The average Bonchev–Trinajstić information content (AvgIpc) is 2.77. The summed E-state index contributed by atoms with van der Waals surface area (Å²) in [6, 6.07) is 4.48. The van der Waals surface area contributed by atoms with Crippen molar-refractivity contribution in [3.63, 3.8) is 0 Å². The van der Waals surface area contributed by atoms with Gasteiger partial charge in [-0.05, 0) is 37.3 Å². The van der Waals surface area contributed by atoms with Crippen LogP contribution in [0.5, 0.6) is 0 Å². The van der Waals surface area contributed by atoms with Gasteiger partial charge in [-0.3, -0.25) is 0 Å². The van der Waals surface area contributed by atoms with Gasteiger partial charge in [0.1, 0.15) is 5.82 Å². The molecule has 1 atom stereocenters. The first-order valence-corrected chi connectivity index (χ1v) is 6.67. The molecule has 94 valence electrons. The van der Waals surface area contributed by atoms with E-state index >= 15 is 0 Å². The summed E-state index contributed by atoms with van der Waals surface area (Å²) in [5.41, 5.74) is 2.65. The summed E-state index contributed by atoms with van der Waals surface area (Å²) in [5, 5.41) is 3.39. The van der Waals surface area contributed by atoms with Crippen molar-refractivity contribution in [2.75, 3.05) is 24.9 Å². The zero-order valence-corrected chi connectivity index (χ0v) is 11.0. The van der Waals surface area contributed by atoms with E-state index < -0.39 is 0 Å². The number of hydrogen-bond donors (Lipinski definition) is 1. The van der Waals surface area contributed by atoms with Gasteiger partial charge in [0.25, 0.3) is 0 Å². The van der Waals surface area contributed by atoms with Crippen LogP contribution in [0, 0.1) is 0 Å². The molecule has 1 aromatic heterocycles. The van der Waals surface area contributed by atoms with Crippen molar-refractivity contribution < 1.29 is 4.74 Å². The maximum Gasteiger partial charge on any atom is 0.126 e. The average molecular weight is 255 g/mol. The van der Waals surface area contributed by atoms with Crippen LogP contribution in [0.1, 0.15) is 24.1 Å². The highest BCUT2D eigenvalue weighted by Crippen LogP contribution is 2.22. The summed E-state index contributed by atoms with van der Waals surface area (Å²) >= 11 is 5.78. The van der Waals surface area contributed by atoms with Crippen LogP contribution in [0.4, 0.5) is 5.82 Å². The molecule has 0 spiro atoms. The lowest BCUT2D eigenvalue weighted by Gasteiger charge is -2.17. The molecule has 1 N–H and O–H groups in total. The number of hydrogen-bond acceptors (Lipinski definition) is 3. The summed E-state index contributed by atoms with van der Waals surface area (Å²) in [6.07, 6.45) is 4.39. The number of nitrogens with zero attached hydrogens (tertiary/aromatic N) is 1. The van der Waals surface area contributed by atoms with Gasteiger partial charge in [-0.15, -0.1) is 11.6 Å². The van der Waals surface area contributed by atoms with Gasteiger partial charge in [0.05, 0.1) is 12.6 Å². The Kier molecular flexibility index (Phi) is 4.63. The first-order chi connectivity index (χ1) is 8.33. The summed E-state index contributed by atoms with van der Waals surface area (Å²) in [4.78, 5) is 4.65. The number of ether oxygens (including phenoxy) is 1. The molecule has 1 aliphatic carbocycles. The minimum absolute atomic E-state index is 0.240.